The molecule has 0 bridgehead atoms. The molecule has 3 N–H and O–H groups in total. The Bertz CT molecular complexity index is 577. The van der Waals surface area contributed by atoms with Gasteiger partial charge in [-0.2, -0.15) is 0 Å². The van der Waals surface area contributed by atoms with Gasteiger partial charge in [0.05, 0.1) is 16.3 Å². The smallest absolute Gasteiger partial charge is 0.337 e. The zero-order valence-corrected chi connectivity index (χ0v) is 12.6. The number of nitrogen functional groups attached to an aromatic ring is 1. The summed E-state index contributed by atoms with van der Waals surface area (Å²) < 4.78 is 0. The van der Waals surface area contributed by atoms with Crippen LogP contribution in [0.4, 0.5) is 11.4 Å². The van der Waals surface area contributed by atoms with Crippen molar-refractivity contribution in [3.05, 3.63) is 22.7 Å². The van der Waals surface area contributed by atoms with E-state index in [1.807, 2.05) is 4.90 Å². The number of aromatic carboxylic acids is 1. The van der Waals surface area contributed by atoms with Crippen molar-refractivity contribution in [1.29, 1.82) is 0 Å². The van der Waals surface area contributed by atoms with E-state index in [1.54, 1.807) is 11.0 Å². The molecule has 0 unspecified atom stereocenters. The van der Waals surface area contributed by atoms with Crippen LogP contribution in [0.1, 0.15) is 23.7 Å². The Morgan fingerprint density at radius 2 is 1.95 bits per heavy atom. The first-order chi connectivity index (χ1) is 9.90. The third-order valence-electron chi connectivity index (χ3n) is 3.57. The molecule has 1 aromatic rings. The second kappa shape index (κ2) is 6.22. The van der Waals surface area contributed by atoms with E-state index < -0.39 is 5.97 Å². The van der Waals surface area contributed by atoms with Crippen molar-refractivity contribution in [2.45, 2.75) is 13.3 Å². The molecule has 7 heteroatoms. The van der Waals surface area contributed by atoms with E-state index in [0.717, 1.165) is 6.42 Å². The quantitative estimate of drug-likeness (QED) is 0.811. The van der Waals surface area contributed by atoms with Gasteiger partial charge in [-0.3, -0.25) is 4.79 Å². The highest BCUT2D eigenvalue weighted by Gasteiger charge is 2.23. The van der Waals surface area contributed by atoms with Gasteiger partial charge < -0.3 is 20.6 Å². The largest absolute Gasteiger partial charge is 0.478 e. The summed E-state index contributed by atoms with van der Waals surface area (Å²) in [6.07, 6.45) is 0.763. The Balaban J connectivity index is 2.33. The van der Waals surface area contributed by atoms with Crippen LogP contribution in [0, 0.1) is 0 Å². The van der Waals surface area contributed by atoms with Crippen LogP contribution in [0.2, 0.25) is 5.02 Å². The van der Waals surface area contributed by atoms with Gasteiger partial charge in [0.15, 0.2) is 0 Å². The molecule has 0 saturated carbocycles. The first-order valence-electron chi connectivity index (χ1n) is 6.73. The molecule has 1 fully saturated rings. The van der Waals surface area contributed by atoms with Gasteiger partial charge in [-0.25, -0.2) is 4.79 Å². The summed E-state index contributed by atoms with van der Waals surface area (Å²) >= 11 is 6.20. The molecule has 1 aliphatic rings. The van der Waals surface area contributed by atoms with Gasteiger partial charge in [0.2, 0.25) is 5.91 Å². The van der Waals surface area contributed by atoms with Crippen LogP contribution in [0.25, 0.3) is 0 Å². The second-order valence-corrected chi connectivity index (χ2v) is 5.46. The normalized spacial score (nSPS) is 15.7. The van der Waals surface area contributed by atoms with Crippen LogP contribution in [0.5, 0.6) is 0 Å². The van der Waals surface area contributed by atoms with Crippen molar-refractivity contribution in [2.75, 3.05) is 36.8 Å². The number of benzene rings is 1. The molecule has 1 amide bonds. The van der Waals surface area contributed by atoms with E-state index in [2.05, 4.69) is 0 Å². The van der Waals surface area contributed by atoms with Crippen molar-refractivity contribution in [3.8, 4) is 0 Å². The van der Waals surface area contributed by atoms with E-state index in [9.17, 15) is 14.7 Å². The van der Waals surface area contributed by atoms with Crippen LogP contribution >= 0.6 is 11.6 Å². The van der Waals surface area contributed by atoms with Crippen LogP contribution in [-0.4, -0.2) is 48.1 Å². The number of halogens is 1. The monoisotopic (exact) mass is 311 g/mol. The fourth-order valence-corrected chi connectivity index (χ4v) is 2.91. The Morgan fingerprint density at radius 1 is 1.24 bits per heavy atom. The number of rotatable bonds is 2. The fourth-order valence-electron chi connectivity index (χ4n) is 2.56. The van der Waals surface area contributed by atoms with Crippen LogP contribution in [0.15, 0.2) is 12.1 Å². The van der Waals surface area contributed by atoms with Gasteiger partial charge in [-0.15, -0.1) is 0 Å². The lowest BCUT2D eigenvalue weighted by molar-refractivity contribution is -0.128. The number of carbonyl (C=O) groups excluding carboxylic acids is 1. The minimum Gasteiger partial charge on any atom is -0.478 e. The van der Waals surface area contributed by atoms with Gasteiger partial charge >= 0.3 is 5.97 Å². The number of hydrogen-bond acceptors (Lipinski definition) is 4. The molecular formula is C14H18ClN3O3. The van der Waals surface area contributed by atoms with Crippen molar-refractivity contribution in [3.63, 3.8) is 0 Å². The molecule has 1 saturated heterocycles. The topological polar surface area (TPSA) is 86.9 Å². The van der Waals surface area contributed by atoms with Crippen LogP contribution in [-0.2, 0) is 4.79 Å². The van der Waals surface area contributed by atoms with E-state index in [-0.39, 0.29) is 11.5 Å². The minimum atomic E-state index is -1.06. The zero-order valence-electron chi connectivity index (χ0n) is 11.8. The standard InChI is InChI=1S/C14H18ClN3O3/c1-9(19)17-3-2-4-18(6-5-17)13-11(14(20)21)7-10(16)8-12(13)15/h7-8H,2-6,16H2,1H3,(H,20,21). The Kier molecular flexibility index (Phi) is 4.57. The van der Waals surface area contributed by atoms with E-state index in [0.29, 0.717) is 42.6 Å². The lowest BCUT2D eigenvalue weighted by Gasteiger charge is -2.26. The fraction of sp³-hybridized carbons (Fsp3) is 0.429. The molecule has 114 valence electrons. The summed E-state index contributed by atoms with van der Waals surface area (Å²) in [5.41, 5.74) is 6.56. The maximum atomic E-state index is 11.5. The summed E-state index contributed by atoms with van der Waals surface area (Å²) in [5, 5.41) is 9.67. The third-order valence-corrected chi connectivity index (χ3v) is 3.86. The average Bonchev–Trinajstić information content (AvgIpc) is 2.63. The molecule has 1 heterocycles. The van der Waals surface area contributed by atoms with Crippen LogP contribution < -0.4 is 10.6 Å². The molecule has 21 heavy (non-hydrogen) atoms. The van der Waals surface area contributed by atoms with Gasteiger partial charge in [0.1, 0.15) is 0 Å². The average molecular weight is 312 g/mol. The molecule has 0 atom stereocenters. The van der Waals surface area contributed by atoms with E-state index in [1.165, 1.54) is 13.0 Å². The number of nitrogens with two attached hydrogens (primary N) is 1. The highest BCUT2D eigenvalue weighted by atomic mass is 35.5. The molecule has 0 radical (unpaired) electrons. The van der Waals surface area contributed by atoms with Crippen LogP contribution in [0.3, 0.4) is 0 Å². The Morgan fingerprint density at radius 3 is 2.57 bits per heavy atom. The molecular weight excluding hydrogens is 294 g/mol. The molecule has 0 aromatic heterocycles. The first kappa shape index (κ1) is 15.4. The maximum Gasteiger partial charge on any atom is 0.337 e. The number of nitrogens with zero attached hydrogens (tertiary/aromatic N) is 2. The minimum absolute atomic E-state index is 0.0266. The molecule has 6 nitrogen and oxygen atoms in total. The van der Waals surface area contributed by atoms with Gasteiger partial charge in [-0.1, -0.05) is 11.6 Å². The summed E-state index contributed by atoms with van der Waals surface area (Å²) in [5.74, 6) is -1.04. The first-order valence-corrected chi connectivity index (χ1v) is 7.10. The highest BCUT2D eigenvalue weighted by Crippen LogP contribution is 2.33. The number of hydrogen-bond donors (Lipinski definition) is 2. The lowest BCUT2D eigenvalue weighted by atomic mass is 10.1. The predicted molar refractivity (Wildman–Crippen MR) is 81.9 cm³/mol. The summed E-state index contributed by atoms with van der Waals surface area (Å²) in [7, 11) is 0. The number of carboxylic acid groups (broad SMARTS) is 1. The van der Waals surface area contributed by atoms with Crippen molar-refractivity contribution in [1.82, 2.24) is 4.90 Å². The summed E-state index contributed by atoms with van der Waals surface area (Å²) in [6.45, 7) is 3.95. The van der Waals surface area contributed by atoms with Crippen molar-refractivity contribution < 1.29 is 14.7 Å². The highest BCUT2D eigenvalue weighted by molar-refractivity contribution is 6.34. The Hall–Kier alpha value is -1.95. The van der Waals surface area contributed by atoms with Crippen molar-refractivity contribution >= 4 is 34.9 Å². The summed E-state index contributed by atoms with van der Waals surface area (Å²) in [6, 6.07) is 2.97. The molecule has 0 aliphatic carbocycles. The number of anilines is 2. The molecule has 2 rings (SSSR count). The van der Waals surface area contributed by atoms with Gasteiger partial charge in [0.25, 0.3) is 0 Å². The SMILES string of the molecule is CC(=O)N1CCCN(c2c(Cl)cc(N)cc2C(=O)O)CC1. The van der Waals surface area contributed by atoms with Gasteiger partial charge in [0, 0.05) is 38.8 Å². The molecule has 1 aliphatic heterocycles. The Labute approximate surface area is 128 Å². The number of carbonyl (C=O) groups is 2. The second-order valence-electron chi connectivity index (χ2n) is 5.05. The van der Waals surface area contributed by atoms with E-state index in [4.69, 9.17) is 17.3 Å². The van der Waals surface area contributed by atoms with E-state index >= 15 is 0 Å². The number of amides is 1. The third kappa shape index (κ3) is 3.39. The predicted octanol–water partition coefficient (Wildman–Crippen LogP) is 1.68. The maximum absolute atomic E-state index is 11.5. The summed E-state index contributed by atoms with van der Waals surface area (Å²) in [4.78, 5) is 26.5. The molecule has 0 spiro atoms. The van der Waals surface area contributed by atoms with Gasteiger partial charge in [-0.05, 0) is 18.6 Å². The lowest BCUT2D eigenvalue weighted by Crippen LogP contribution is -2.34. The molecule has 1 aromatic carbocycles. The number of carboxylic acids is 1. The zero-order chi connectivity index (χ0) is 15.6. The van der Waals surface area contributed by atoms with Crippen molar-refractivity contribution in [2.24, 2.45) is 0 Å².